The number of aryl methyl sites for hydroxylation is 1. The lowest BCUT2D eigenvalue weighted by molar-refractivity contribution is -0.122. The number of aromatic nitrogens is 2. The molecule has 0 radical (unpaired) electrons. The molecule has 0 aliphatic heterocycles. The summed E-state index contributed by atoms with van der Waals surface area (Å²) in [5, 5.41) is 12.7. The van der Waals surface area contributed by atoms with Crippen molar-refractivity contribution in [1.82, 2.24) is 15.3 Å². The monoisotopic (exact) mass is 325 g/mol. The van der Waals surface area contributed by atoms with Crippen LogP contribution < -0.4 is 5.32 Å². The number of pyridine rings is 2. The number of nitrogens with zero attached hydrogens (tertiary/aromatic N) is 2. The molecule has 1 fully saturated rings. The van der Waals surface area contributed by atoms with Crippen molar-refractivity contribution in [2.45, 2.75) is 44.2 Å². The third-order valence-corrected chi connectivity index (χ3v) is 4.60. The molecule has 0 spiro atoms. The second-order valence-corrected chi connectivity index (χ2v) is 6.44. The Balaban J connectivity index is 1.55. The molecule has 5 nitrogen and oxygen atoms in total. The van der Waals surface area contributed by atoms with Crippen LogP contribution in [-0.2, 0) is 17.6 Å². The number of hydrogen-bond donors (Lipinski definition) is 2. The predicted molar refractivity (Wildman–Crippen MR) is 91.2 cm³/mol. The third kappa shape index (κ3) is 4.61. The topological polar surface area (TPSA) is 75.1 Å². The van der Waals surface area contributed by atoms with Crippen LogP contribution in [0.5, 0.6) is 0 Å². The average molecular weight is 325 g/mol. The maximum atomic E-state index is 12.3. The predicted octanol–water partition coefficient (Wildman–Crippen LogP) is 1.91. The summed E-state index contributed by atoms with van der Waals surface area (Å²) in [6.07, 6.45) is 8.42. The molecular weight excluding hydrogens is 302 g/mol. The van der Waals surface area contributed by atoms with Crippen molar-refractivity contribution >= 4 is 5.91 Å². The molecule has 1 aliphatic rings. The Morgan fingerprint density at radius 2 is 2.00 bits per heavy atom. The Morgan fingerprint density at radius 1 is 1.21 bits per heavy atom. The molecule has 1 saturated carbocycles. The summed E-state index contributed by atoms with van der Waals surface area (Å²) < 4.78 is 0. The van der Waals surface area contributed by atoms with Crippen LogP contribution in [0.1, 0.15) is 30.5 Å². The molecule has 0 aromatic carbocycles. The van der Waals surface area contributed by atoms with Crippen LogP contribution in [0.4, 0.5) is 0 Å². The molecule has 0 saturated heterocycles. The molecule has 2 N–H and O–H groups in total. The first-order chi connectivity index (χ1) is 11.7. The van der Waals surface area contributed by atoms with Crippen LogP contribution in [0.3, 0.4) is 0 Å². The van der Waals surface area contributed by atoms with Gasteiger partial charge in [0.1, 0.15) is 0 Å². The molecule has 1 aliphatic carbocycles. The van der Waals surface area contributed by atoms with E-state index in [1.165, 1.54) is 0 Å². The van der Waals surface area contributed by atoms with Gasteiger partial charge >= 0.3 is 0 Å². The highest BCUT2D eigenvalue weighted by Crippen LogP contribution is 2.31. The quantitative estimate of drug-likeness (QED) is 0.815. The van der Waals surface area contributed by atoms with E-state index in [-0.39, 0.29) is 18.1 Å². The fourth-order valence-corrected chi connectivity index (χ4v) is 3.13. The highest BCUT2D eigenvalue weighted by atomic mass is 16.3. The fraction of sp³-hybridized carbons (Fsp3) is 0.421. The van der Waals surface area contributed by atoms with Crippen LogP contribution in [0.2, 0.25) is 0 Å². The van der Waals surface area contributed by atoms with Gasteiger partial charge in [-0.3, -0.25) is 14.8 Å². The average Bonchev–Trinajstić information content (AvgIpc) is 2.58. The lowest BCUT2D eigenvalue weighted by Gasteiger charge is -2.38. The standard InChI is InChI=1S/C19H23N3O2/c23-17-12-15(13-17)18(11-14-6-9-20-10-7-14)22-19(24)5-4-16-3-1-2-8-21-16/h1-3,6-10,15,17-18,23H,4-5,11-13H2,(H,22,24). The van der Waals surface area contributed by atoms with Crippen LogP contribution >= 0.6 is 0 Å². The highest BCUT2D eigenvalue weighted by molar-refractivity contribution is 5.76. The van der Waals surface area contributed by atoms with Crippen molar-refractivity contribution < 1.29 is 9.90 Å². The number of aliphatic hydroxyl groups is 1. The molecule has 1 unspecified atom stereocenters. The Bertz CT molecular complexity index is 642. The van der Waals surface area contributed by atoms with Gasteiger partial charge in [-0.1, -0.05) is 6.07 Å². The van der Waals surface area contributed by atoms with E-state index in [0.29, 0.717) is 18.8 Å². The number of carbonyl (C=O) groups is 1. The second-order valence-electron chi connectivity index (χ2n) is 6.44. The number of aliphatic hydroxyl groups excluding tert-OH is 1. The first-order valence-corrected chi connectivity index (χ1v) is 8.47. The van der Waals surface area contributed by atoms with Crippen molar-refractivity contribution in [2.24, 2.45) is 5.92 Å². The van der Waals surface area contributed by atoms with Gasteiger partial charge in [-0.2, -0.15) is 0 Å². The van der Waals surface area contributed by atoms with E-state index in [2.05, 4.69) is 15.3 Å². The van der Waals surface area contributed by atoms with Crippen LogP contribution in [0.25, 0.3) is 0 Å². The summed E-state index contributed by atoms with van der Waals surface area (Å²) in [4.78, 5) is 20.6. The first kappa shape index (κ1) is 16.6. The fourth-order valence-electron chi connectivity index (χ4n) is 3.13. The number of rotatable bonds is 7. The van der Waals surface area contributed by atoms with Gasteiger partial charge in [0.05, 0.1) is 6.10 Å². The van der Waals surface area contributed by atoms with E-state index in [1.54, 1.807) is 18.6 Å². The molecule has 24 heavy (non-hydrogen) atoms. The van der Waals surface area contributed by atoms with Gasteiger partial charge in [-0.15, -0.1) is 0 Å². The Hall–Kier alpha value is -2.27. The SMILES string of the molecule is O=C(CCc1ccccn1)NC(Cc1ccncc1)C1CC(O)C1. The number of amides is 1. The van der Waals surface area contributed by atoms with Gasteiger partial charge in [0, 0.05) is 36.7 Å². The molecule has 2 heterocycles. The van der Waals surface area contributed by atoms with Crippen molar-refractivity contribution in [3.05, 3.63) is 60.2 Å². The number of carbonyl (C=O) groups excluding carboxylic acids is 1. The molecule has 1 atom stereocenters. The van der Waals surface area contributed by atoms with Gasteiger partial charge in [0.2, 0.25) is 5.91 Å². The third-order valence-electron chi connectivity index (χ3n) is 4.60. The van der Waals surface area contributed by atoms with Gasteiger partial charge < -0.3 is 10.4 Å². The van der Waals surface area contributed by atoms with E-state index in [9.17, 15) is 9.90 Å². The smallest absolute Gasteiger partial charge is 0.220 e. The minimum atomic E-state index is -0.222. The van der Waals surface area contributed by atoms with Gasteiger partial charge in [-0.25, -0.2) is 0 Å². The number of nitrogens with one attached hydrogen (secondary N) is 1. The van der Waals surface area contributed by atoms with E-state index >= 15 is 0 Å². The molecule has 126 valence electrons. The molecule has 0 bridgehead atoms. The van der Waals surface area contributed by atoms with Crippen molar-refractivity contribution in [3.8, 4) is 0 Å². The zero-order valence-electron chi connectivity index (χ0n) is 13.6. The summed E-state index contributed by atoms with van der Waals surface area (Å²) in [6.45, 7) is 0. The normalized spacial score (nSPS) is 20.9. The summed E-state index contributed by atoms with van der Waals surface area (Å²) in [7, 11) is 0. The minimum Gasteiger partial charge on any atom is -0.393 e. The van der Waals surface area contributed by atoms with Crippen molar-refractivity contribution in [3.63, 3.8) is 0 Å². The highest BCUT2D eigenvalue weighted by Gasteiger charge is 2.34. The van der Waals surface area contributed by atoms with Crippen LogP contribution in [0, 0.1) is 5.92 Å². The van der Waals surface area contributed by atoms with E-state index in [4.69, 9.17) is 0 Å². The Morgan fingerprint density at radius 3 is 2.67 bits per heavy atom. The Labute approximate surface area is 142 Å². The van der Waals surface area contributed by atoms with Crippen molar-refractivity contribution in [2.75, 3.05) is 0 Å². The summed E-state index contributed by atoms with van der Waals surface area (Å²) in [6, 6.07) is 9.75. The second kappa shape index (κ2) is 8.02. The van der Waals surface area contributed by atoms with Gasteiger partial charge in [0.25, 0.3) is 0 Å². The lowest BCUT2D eigenvalue weighted by atomic mass is 9.75. The maximum Gasteiger partial charge on any atom is 0.220 e. The minimum absolute atomic E-state index is 0.0427. The summed E-state index contributed by atoms with van der Waals surface area (Å²) in [5.41, 5.74) is 2.08. The molecule has 1 amide bonds. The molecular formula is C19H23N3O2. The van der Waals surface area contributed by atoms with Crippen molar-refractivity contribution in [1.29, 1.82) is 0 Å². The van der Waals surface area contributed by atoms with Crippen LogP contribution in [-0.4, -0.2) is 33.1 Å². The maximum absolute atomic E-state index is 12.3. The summed E-state index contributed by atoms with van der Waals surface area (Å²) >= 11 is 0. The van der Waals surface area contributed by atoms with E-state index in [0.717, 1.165) is 30.5 Å². The lowest BCUT2D eigenvalue weighted by Crippen LogP contribution is -2.48. The van der Waals surface area contributed by atoms with E-state index < -0.39 is 0 Å². The van der Waals surface area contributed by atoms with Gasteiger partial charge in [0.15, 0.2) is 0 Å². The molecule has 3 rings (SSSR count). The largest absolute Gasteiger partial charge is 0.393 e. The zero-order chi connectivity index (χ0) is 16.8. The molecule has 2 aromatic rings. The first-order valence-electron chi connectivity index (χ1n) is 8.47. The van der Waals surface area contributed by atoms with Gasteiger partial charge in [-0.05, 0) is 61.4 Å². The van der Waals surface area contributed by atoms with E-state index in [1.807, 2.05) is 30.3 Å². The van der Waals surface area contributed by atoms with Crippen LogP contribution in [0.15, 0.2) is 48.9 Å². The number of hydrogen-bond acceptors (Lipinski definition) is 4. The summed E-state index contributed by atoms with van der Waals surface area (Å²) in [5.74, 6) is 0.382. The molecule has 2 aromatic heterocycles. The molecule has 5 heteroatoms. The Kier molecular flexibility index (Phi) is 5.54. The zero-order valence-corrected chi connectivity index (χ0v) is 13.6.